The fraction of sp³-hybridized carbons (Fsp3) is 0.696. The SMILES string of the molecule is CC.CC.COc1ccc(S(=O)(=O)N2CCOC23CCCN(C(=O)OC(C)(C)C)C3)cc1. The van der Waals surface area contributed by atoms with Crippen molar-refractivity contribution in [3.05, 3.63) is 24.3 Å². The van der Waals surface area contributed by atoms with E-state index in [-0.39, 0.29) is 24.6 Å². The molecule has 1 unspecified atom stereocenters. The maximum absolute atomic E-state index is 13.3. The molecule has 2 saturated heterocycles. The van der Waals surface area contributed by atoms with Crippen LogP contribution in [-0.4, -0.2) is 68.4 Å². The third-order valence-electron chi connectivity index (χ3n) is 4.85. The van der Waals surface area contributed by atoms with E-state index < -0.39 is 27.4 Å². The summed E-state index contributed by atoms with van der Waals surface area (Å²) in [5.41, 5.74) is -1.68. The van der Waals surface area contributed by atoms with Crippen molar-refractivity contribution in [3.8, 4) is 5.75 Å². The molecule has 2 fully saturated rings. The smallest absolute Gasteiger partial charge is 0.410 e. The van der Waals surface area contributed by atoms with Gasteiger partial charge < -0.3 is 19.1 Å². The molecule has 2 heterocycles. The maximum atomic E-state index is 13.3. The number of likely N-dealkylation sites (tertiary alicyclic amines) is 1. The largest absolute Gasteiger partial charge is 0.497 e. The van der Waals surface area contributed by atoms with E-state index in [0.717, 1.165) is 0 Å². The number of piperidine rings is 1. The van der Waals surface area contributed by atoms with Crippen molar-refractivity contribution >= 4 is 16.1 Å². The number of methoxy groups -OCH3 is 1. The third kappa shape index (κ3) is 6.59. The topological polar surface area (TPSA) is 85.4 Å². The van der Waals surface area contributed by atoms with Gasteiger partial charge in [-0.05, 0) is 57.9 Å². The highest BCUT2D eigenvalue weighted by Gasteiger charge is 2.52. The highest BCUT2D eigenvalue weighted by atomic mass is 32.2. The molecule has 32 heavy (non-hydrogen) atoms. The molecule has 0 radical (unpaired) electrons. The Kier molecular flexibility index (Phi) is 10.4. The van der Waals surface area contributed by atoms with E-state index in [1.54, 1.807) is 32.9 Å². The fourth-order valence-electron chi connectivity index (χ4n) is 3.61. The summed E-state index contributed by atoms with van der Waals surface area (Å²) >= 11 is 0. The first-order valence-electron chi connectivity index (χ1n) is 11.4. The summed E-state index contributed by atoms with van der Waals surface area (Å²) in [7, 11) is -2.25. The molecule has 1 amide bonds. The Labute approximate surface area is 193 Å². The molecule has 1 spiro atoms. The minimum Gasteiger partial charge on any atom is -0.497 e. The van der Waals surface area contributed by atoms with Crippen LogP contribution in [0.25, 0.3) is 0 Å². The molecule has 0 saturated carbocycles. The first kappa shape index (κ1) is 28.2. The van der Waals surface area contributed by atoms with Crippen LogP contribution in [0.5, 0.6) is 5.75 Å². The number of benzene rings is 1. The van der Waals surface area contributed by atoms with Gasteiger partial charge in [0, 0.05) is 13.1 Å². The van der Waals surface area contributed by atoms with Crippen LogP contribution in [0.4, 0.5) is 4.79 Å². The average Bonchev–Trinajstić information content (AvgIpc) is 3.18. The van der Waals surface area contributed by atoms with Gasteiger partial charge in [-0.3, -0.25) is 0 Å². The van der Waals surface area contributed by atoms with Crippen molar-refractivity contribution in [3.63, 3.8) is 0 Å². The predicted octanol–water partition coefficient (Wildman–Crippen LogP) is 4.50. The molecule has 9 heteroatoms. The van der Waals surface area contributed by atoms with Crippen molar-refractivity contribution in [1.82, 2.24) is 9.21 Å². The molecule has 1 aromatic rings. The van der Waals surface area contributed by atoms with E-state index >= 15 is 0 Å². The van der Waals surface area contributed by atoms with Crippen LogP contribution < -0.4 is 4.74 Å². The van der Waals surface area contributed by atoms with Crippen LogP contribution in [0.3, 0.4) is 0 Å². The molecule has 2 aliphatic heterocycles. The lowest BCUT2D eigenvalue weighted by atomic mass is 10.0. The quantitative estimate of drug-likeness (QED) is 0.644. The minimum absolute atomic E-state index is 0.150. The van der Waals surface area contributed by atoms with Crippen LogP contribution in [0.1, 0.15) is 61.3 Å². The zero-order valence-corrected chi connectivity index (χ0v) is 21.6. The Balaban J connectivity index is 0.00000121. The first-order valence-corrected chi connectivity index (χ1v) is 12.8. The fourth-order valence-corrected chi connectivity index (χ4v) is 5.30. The van der Waals surface area contributed by atoms with Gasteiger partial charge in [0.15, 0.2) is 5.72 Å². The van der Waals surface area contributed by atoms with Gasteiger partial charge in [0.1, 0.15) is 11.4 Å². The normalized spacial score (nSPS) is 21.2. The number of sulfonamides is 1. The Morgan fingerprint density at radius 1 is 1.06 bits per heavy atom. The van der Waals surface area contributed by atoms with E-state index in [0.29, 0.717) is 25.1 Å². The van der Waals surface area contributed by atoms with Crippen molar-refractivity contribution in [2.75, 3.05) is 33.4 Å². The number of carbonyl (C=O) groups excluding carboxylic acids is 1. The Morgan fingerprint density at radius 2 is 1.66 bits per heavy atom. The number of nitrogens with zero attached hydrogens (tertiary/aromatic N) is 2. The molecule has 0 aliphatic carbocycles. The van der Waals surface area contributed by atoms with Crippen molar-refractivity contribution < 1.29 is 27.4 Å². The average molecular weight is 473 g/mol. The number of amides is 1. The zero-order valence-electron chi connectivity index (χ0n) is 20.8. The predicted molar refractivity (Wildman–Crippen MR) is 125 cm³/mol. The van der Waals surface area contributed by atoms with Gasteiger partial charge in [0.25, 0.3) is 0 Å². The van der Waals surface area contributed by atoms with Gasteiger partial charge >= 0.3 is 6.09 Å². The molecule has 0 aromatic heterocycles. The number of hydrogen-bond donors (Lipinski definition) is 0. The van der Waals surface area contributed by atoms with Crippen molar-refractivity contribution in [1.29, 1.82) is 0 Å². The summed E-state index contributed by atoms with van der Waals surface area (Å²) in [5.74, 6) is 0.583. The molecule has 8 nitrogen and oxygen atoms in total. The molecule has 0 N–H and O–H groups in total. The van der Waals surface area contributed by atoms with E-state index in [2.05, 4.69) is 0 Å². The third-order valence-corrected chi connectivity index (χ3v) is 6.82. The highest BCUT2D eigenvalue weighted by Crippen LogP contribution is 2.37. The lowest BCUT2D eigenvalue weighted by Crippen LogP contribution is -2.59. The van der Waals surface area contributed by atoms with Gasteiger partial charge in [-0.1, -0.05) is 27.7 Å². The van der Waals surface area contributed by atoms with E-state index in [1.807, 2.05) is 27.7 Å². The van der Waals surface area contributed by atoms with Gasteiger partial charge in [0.2, 0.25) is 10.0 Å². The summed E-state index contributed by atoms with van der Waals surface area (Å²) in [6, 6.07) is 6.28. The van der Waals surface area contributed by atoms with Gasteiger partial charge in [-0.25, -0.2) is 13.2 Å². The molecular weight excluding hydrogens is 432 g/mol. The Bertz CT molecular complexity index is 820. The lowest BCUT2D eigenvalue weighted by Gasteiger charge is -2.43. The molecular formula is C23H40N2O6S. The highest BCUT2D eigenvalue weighted by molar-refractivity contribution is 7.89. The summed E-state index contributed by atoms with van der Waals surface area (Å²) in [4.78, 5) is 14.2. The zero-order chi connectivity index (χ0) is 24.6. The number of ether oxygens (including phenoxy) is 3. The second-order valence-corrected chi connectivity index (χ2v) is 9.92. The summed E-state index contributed by atoms with van der Waals surface area (Å²) in [5, 5.41) is 0. The minimum atomic E-state index is -3.78. The van der Waals surface area contributed by atoms with Gasteiger partial charge in [0.05, 0.1) is 25.2 Å². The van der Waals surface area contributed by atoms with Crippen LogP contribution in [0.15, 0.2) is 29.2 Å². The first-order chi connectivity index (χ1) is 15.1. The second-order valence-electron chi connectivity index (χ2n) is 8.05. The lowest BCUT2D eigenvalue weighted by molar-refractivity contribution is -0.0977. The molecule has 0 bridgehead atoms. The summed E-state index contributed by atoms with van der Waals surface area (Å²) in [6.45, 7) is 14.6. The van der Waals surface area contributed by atoms with Gasteiger partial charge in [-0.2, -0.15) is 4.31 Å². The Hall–Kier alpha value is -1.84. The van der Waals surface area contributed by atoms with Crippen LogP contribution >= 0.6 is 0 Å². The van der Waals surface area contributed by atoms with E-state index in [4.69, 9.17) is 14.2 Å². The standard InChI is InChI=1S/C19H28N2O6S.2C2H6/c1-18(2,3)27-17(22)20-11-5-10-19(14-20)21(12-13-26-19)28(23,24)16-8-6-15(25-4)7-9-16;2*1-2/h6-9H,5,10-14H2,1-4H3;2*1-2H3. The number of rotatable bonds is 3. The summed E-state index contributed by atoms with van der Waals surface area (Å²) in [6.07, 6.45) is 0.708. The van der Waals surface area contributed by atoms with Gasteiger partial charge in [-0.15, -0.1) is 0 Å². The van der Waals surface area contributed by atoms with Crippen LogP contribution in [-0.2, 0) is 19.5 Å². The number of carbonyl (C=O) groups is 1. The molecule has 184 valence electrons. The van der Waals surface area contributed by atoms with Crippen LogP contribution in [0, 0.1) is 0 Å². The monoisotopic (exact) mass is 472 g/mol. The summed E-state index contributed by atoms with van der Waals surface area (Å²) < 4.78 is 44.5. The Morgan fingerprint density at radius 3 is 2.19 bits per heavy atom. The van der Waals surface area contributed by atoms with Crippen LogP contribution in [0.2, 0.25) is 0 Å². The molecule has 2 aliphatic rings. The van der Waals surface area contributed by atoms with Crippen molar-refractivity contribution in [2.45, 2.75) is 77.5 Å². The van der Waals surface area contributed by atoms with E-state index in [1.165, 1.54) is 28.4 Å². The number of hydrogen-bond acceptors (Lipinski definition) is 6. The second kappa shape index (κ2) is 11.9. The molecule has 1 aromatic carbocycles. The maximum Gasteiger partial charge on any atom is 0.410 e. The van der Waals surface area contributed by atoms with Crippen molar-refractivity contribution in [2.24, 2.45) is 0 Å². The molecule has 1 atom stereocenters. The molecule has 3 rings (SSSR count). The van der Waals surface area contributed by atoms with E-state index in [9.17, 15) is 13.2 Å².